The van der Waals surface area contributed by atoms with Crippen LogP contribution in [0.4, 0.5) is 0 Å². The fraction of sp³-hybridized carbons (Fsp3) is 0.933. The summed E-state index contributed by atoms with van der Waals surface area (Å²) in [6, 6.07) is -0.192. The maximum absolute atomic E-state index is 12.2. The minimum Gasteiger partial charge on any atom is -0.392 e. The molecule has 1 amide bonds. The van der Waals surface area contributed by atoms with Crippen molar-refractivity contribution >= 4 is 5.91 Å². The number of amides is 1. The zero-order valence-electron chi connectivity index (χ0n) is 12.7. The summed E-state index contributed by atoms with van der Waals surface area (Å²) in [6.45, 7) is 8.38. The Balaban J connectivity index is 2.33. The summed E-state index contributed by atoms with van der Waals surface area (Å²) in [4.78, 5) is 14.2. The summed E-state index contributed by atoms with van der Waals surface area (Å²) in [5, 5.41) is 13.2. The van der Waals surface area contributed by atoms with Crippen LogP contribution in [0, 0.1) is 5.92 Å². The topological polar surface area (TPSA) is 52.6 Å². The van der Waals surface area contributed by atoms with Gasteiger partial charge in [0, 0.05) is 19.6 Å². The molecule has 4 nitrogen and oxygen atoms in total. The smallest absolute Gasteiger partial charge is 0.239 e. The lowest BCUT2D eigenvalue weighted by Crippen LogP contribution is -2.49. The summed E-state index contributed by atoms with van der Waals surface area (Å²) in [7, 11) is 0. The van der Waals surface area contributed by atoms with Gasteiger partial charge in [-0.3, -0.25) is 4.79 Å². The molecule has 0 saturated carbocycles. The molecular formula is C15H30N2O2. The molecular weight excluding hydrogens is 240 g/mol. The van der Waals surface area contributed by atoms with Gasteiger partial charge in [0.1, 0.15) is 0 Å². The Labute approximate surface area is 117 Å². The van der Waals surface area contributed by atoms with Crippen molar-refractivity contribution in [2.75, 3.05) is 19.6 Å². The standard InChI is InChI=1S/C15H30N2O2/c1-4-13(5-2)14(18)11-16-12(3)15(19)17-9-7-6-8-10-17/h12-14,16,18H,4-11H2,1-3H3. The number of nitrogens with one attached hydrogen (secondary N) is 1. The van der Waals surface area contributed by atoms with Gasteiger partial charge in [0.25, 0.3) is 0 Å². The molecule has 0 bridgehead atoms. The molecule has 2 N–H and O–H groups in total. The van der Waals surface area contributed by atoms with Crippen LogP contribution < -0.4 is 5.32 Å². The molecule has 4 heteroatoms. The summed E-state index contributed by atoms with van der Waals surface area (Å²) < 4.78 is 0. The molecule has 1 fully saturated rings. The number of hydrogen-bond acceptors (Lipinski definition) is 3. The van der Waals surface area contributed by atoms with Gasteiger partial charge in [0.05, 0.1) is 12.1 Å². The Morgan fingerprint density at radius 1 is 1.21 bits per heavy atom. The van der Waals surface area contributed by atoms with Gasteiger partial charge < -0.3 is 15.3 Å². The molecule has 0 aliphatic carbocycles. The van der Waals surface area contributed by atoms with Gasteiger partial charge in [-0.15, -0.1) is 0 Å². The first-order valence-electron chi connectivity index (χ1n) is 7.80. The van der Waals surface area contributed by atoms with Crippen molar-refractivity contribution in [2.45, 2.75) is 65.0 Å². The molecule has 0 radical (unpaired) electrons. The number of carbonyl (C=O) groups is 1. The maximum Gasteiger partial charge on any atom is 0.239 e. The largest absolute Gasteiger partial charge is 0.392 e. The van der Waals surface area contributed by atoms with Crippen LogP contribution in [0.25, 0.3) is 0 Å². The van der Waals surface area contributed by atoms with Crippen LogP contribution in [0.3, 0.4) is 0 Å². The molecule has 19 heavy (non-hydrogen) atoms. The van der Waals surface area contributed by atoms with Crippen molar-refractivity contribution in [3.63, 3.8) is 0 Å². The zero-order chi connectivity index (χ0) is 14.3. The molecule has 2 unspecified atom stereocenters. The van der Waals surface area contributed by atoms with Crippen LogP contribution in [0.5, 0.6) is 0 Å². The summed E-state index contributed by atoms with van der Waals surface area (Å²) in [5.41, 5.74) is 0. The Morgan fingerprint density at radius 2 is 1.79 bits per heavy atom. The van der Waals surface area contributed by atoms with Crippen molar-refractivity contribution in [2.24, 2.45) is 5.92 Å². The van der Waals surface area contributed by atoms with E-state index in [9.17, 15) is 9.90 Å². The molecule has 0 aromatic carbocycles. The molecule has 1 aliphatic heterocycles. The lowest BCUT2D eigenvalue weighted by molar-refractivity contribution is -0.134. The summed E-state index contributed by atoms with van der Waals surface area (Å²) in [5.74, 6) is 0.501. The predicted molar refractivity (Wildman–Crippen MR) is 78.0 cm³/mol. The second-order valence-electron chi connectivity index (χ2n) is 5.66. The minimum atomic E-state index is -0.355. The quantitative estimate of drug-likeness (QED) is 0.741. The number of rotatable bonds is 7. The van der Waals surface area contributed by atoms with Crippen LogP contribution in [0.1, 0.15) is 52.9 Å². The van der Waals surface area contributed by atoms with Crippen LogP contribution in [-0.2, 0) is 4.79 Å². The van der Waals surface area contributed by atoms with Gasteiger partial charge in [-0.05, 0) is 32.1 Å². The minimum absolute atomic E-state index is 0.177. The number of nitrogens with zero attached hydrogens (tertiary/aromatic N) is 1. The Morgan fingerprint density at radius 3 is 2.32 bits per heavy atom. The van der Waals surface area contributed by atoms with E-state index < -0.39 is 0 Å². The fourth-order valence-electron chi connectivity index (χ4n) is 2.77. The van der Waals surface area contributed by atoms with Crippen molar-refractivity contribution in [3.05, 3.63) is 0 Å². The average Bonchev–Trinajstić information content (AvgIpc) is 2.46. The highest BCUT2D eigenvalue weighted by molar-refractivity contribution is 5.81. The van der Waals surface area contributed by atoms with Crippen LogP contribution in [-0.4, -0.2) is 47.7 Å². The van der Waals surface area contributed by atoms with E-state index in [-0.39, 0.29) is 18.1 Å². The van der Waals surface area contributed by atoms with E-state index in [1.165, 1.54) is 6.42 Å². The number of aliphatic hydroxyl groups is 1. The first-order chi connectivity index (χ1) is 9.10. The van der Waals surface area contributed by atoms with Crippen molar-refractivity contribution < 1.29 is 9.90 Å². The predicted octanol–water partition coefficient (Wildman–Crippen LogP) is 1.77. The first-order valence-corrected chi connectivity index (χ1v) is 7.80. The molecule has 1 saturated heterocycles. The number of piperidine rings is 1. The van der Waals surface area contributed by atoms with Gasteiger partial charge in [0.15, 0.2) is 0 Å². The zero-order valence-corrected chi connectivity index (χ0v) is 12.7. The molecule has 0 spiro atoms. The molecule has 0 aromatic heterocycles. The van der Waals surface area contributed by atoms with E-state index in [1.807, 2.05) is 11.8 Å². The molecule has 112 valence electrons. The molecule has 1 aliphatic rings. The Hall–Kier alpha value is -0.610. The SMILES string of the molecule is CCC(CC)C(O)CNC(C)C(=O)N1CCCCC1. The molecule has 1 heterocycles. The third kappa shape index (κ3) is 5.11. The van der Waals surface area contributed by atoms with Crippen LogP contribution in [0.15, 0.2) is 0 Å². The van der Waals surface area contributed by atoms with E-state index in [1.54, 1.807) is 0 Å². The third-order valence-electron chi connectivity index (χ3n) is 4.26. The van der Waals surface area contributed by atoms with Gasteiger partial charge in [0.2, 0.25) is 5.91 Å². The number of hydrogen-bond donors (Lipinski definition) is 2. The lowest BCUT2D eigenvalue weighted by Gasteiger charge is -2.30. The molecule has 2 atom stereocenters. The maximum atomic E-state index is 12.2. The van der Waals surface area contributed by atoms with Gasteiger partial charge >= 0.3 is 0 Å². The summed E-state index contributed by atoms with van der Waals surface area (Å²) >= 11 is 0. The highest BCUT2D eigenvalue weighted by atomic mass is 16.3. The summed E-state index contributed by atoms with van der Waals surface area (Å²) in [6.07, 6.45) is 5.08. The van der Waals surface area contributed by atoms with Gasteiger partial charge in [-0.2, -0.15) is 0 Å². The monoisotopic (exact) mass is 270 g/mol. The highest BCUT2D eigenvalue weighted by Crippen LogP contribution is 2.13. The normalized spacial score (nSPS) is 19.5. The molecule has 1 rings (SSSR count). The van der Waals surface area contributed by atoms with Crippen LogP contribution in [0.2, 0.25) is 0 Å². The number of aliphatic hydroxyl groups excluding tert-OH is 1. The van der Waals surface area contributed by atoms with Gasteiger partial charge in [-0.1, -0.05) is 26.7 Å². The van der Waals surface area contributed by atoms with Crippen molar-refractivity contribution in [1.29, 1.82) is 0 Å². The lowest BCUT2D eigenvalue weighted by atomic mass is 9.96. The molecule has 0 aromatic rings. The second kappa shape index (κ2) is 8.54. The first kappa shape index (κ1) is 16.4. The van der Waals surface area contributed by atoms with E-state index in [4.69, 9.17) is 0 Å². The fourth-order valence-corrected chi connectivity index (χ4v) is 2.77. The number of carbonyl (C=O) groups excluding carboxylic acids is 1. The van der Waals surface area contributed by atoms with E-state index in [0.29, 0.717) is 12.5 Å². The van der Waals surface area contributed by atoms with E-state index in [0.717, 1.165) is 38.8 Å². The third-order valence-corrected chi connectivity index (χ3v) is 4.26. The van der Waals surface area contributed by atoms with E-state index >= 15 is 0 Å². The average molecular weight is 270 g/mol. The Bertz CT molecular complexity index is 261. The van der Waals surface area contributed by atoms with Gasteiger partial charge in [-0.25, -0.2) is 0 Å². The van der Waals surface area contributed by atoms with Crippen LogP contribution >= 0.6 is 0 Å². The second-order valence-corrected chi connectivity index (χ2v) is 5.66. The van der Waals surface area contributed by atoms with Crippen molar-refractivity contribution in [1.82, 2.24) is 10.2 Å². The van der Waals surface area contributed by atoms with Crippen molar-refractivity contribution in [3.8, 4) is 0 Å². The highest BCUT2D eigenvalue weighted by Gasteiger charge is 2.23. The Kier molecular flexibility index (Phi) is 7.39. The number of likely N-dealkylation sites (tertiary alicyclic amines) is 1. The van der Waals surface area contributed by atoms with E-state index in [2.05, 4.69) is 19.2 Å².